The van der Waals surface area contributed by atoms with Crippen LogP contribution in [0.5, 0.6) is 0 Å². The molecule has 2 rings (SSSR count). The molecule has 0 spiro atoms. The van der Waals surface area contributed by atoms with E-state index >= 15 is 0 Å². The molecule has 0 amide bonds. The lowest BCUT2D eigenvalue weighted by Crippen LogP contribution is -2.35. The SMILES string of the molecule is Cl.O=C(O)C(=O)C1C[C@@H](c2cc(F)cc(F)c2)CN1. The molecule has 1 saturated heterocycles. The number of benzene rings is 1. The number of halogens is 3. The first-order chi connectivity index (χ1) is 8.47. The first-order valence-electron chi connectivity index (χ1n) is 5.44. The second kappa shape index (κ2) is 6.08. The Labute approximate surface area is 114 Å². The van der Waals surface area contributed by atoms with Crippen molar-refractivity contribution >= 4 is 24.2 Å². The van der Waals surface area contributed by atoms with E-state index in [2.05, 4.69) is 5.32 Å². The Balaban J connectivity index is 0.00000180. The van der Waals surface area contributed by atoms with Crippen molar-refractivity contribution in [2.24, 2.45) is 0 Å². The summed E-state index contributed by atoms with van der Waals surface area (Å²) < 4.78 is 26.1. The number of carboxylic acid groups (broad SMARTS) is 1. The molecule has 7 heteroatoms. The van der Waals surface area contributed by atoms with Gasteiger partial charge in [0.1, 0.15) is 11.6 Å². The normalized spacial score (nSPS) is 21.8. The molecule has 0 aliphatic carbocycles. The number of hydrogen-bond donors (Lipinski definition) is 2. The van der Waals surface area contributed by atoms with Crippen LogP contribution < -0.4 is 5.32 Å². The average Bonchev–Trinajstić information content (AvgIpc) is 2.75. The molecule has 104 valence electrons. The van der Waals surface area contributed by atoms with Gasteiger partial charge in [-0.3, -0.25) is 4.79 Å². The number of rotatable bonds is 3. The topological polar surface area (TPSA) is 66.4 Å². The Hall–Kier alpha value is -1.53. The van der Waals surface area contributed by atoms with Gasteiger partial charge < -0.3 is 10.4 Å². The number of carboxylic acids is 1. The molecule has 1 unspecified atom stereocenters. The number of aliphatic carboxylic acids is 1. The van der Waals surface area contributed by atoms with Crippen molar-refractivity contribution in [1.82, 2.24) is 5.32 Å². The number of nitrogens with one attached hydrogen (secondary N) is 1. The van der Waals surface area contributed by atoms with Gasteiger partial charge in [0.25, 0.3) is 5.78 Å². The summed E-state index contributed by atoms with van der Waals surface area (Å²) in [5.41, 5.74) is 0.431. The number of ketones is 1. The molecule has 1 aliphatic rings. The highest BCUT2D eigenvalue weighted by atomic mass is 35.5. The average molecular weight is 292 g/mol. The molecule has 1 fully saturated rings. The molecule has 0 radical (unpaired) electrons. The Morgan fingerprint density at radius 2 is 1.79 bits per heavy atom. The van der Waals surface area contributed by atoms with E-state index in [0.717, 1.165) is 6.07 Å². The fourth-order valence-electron chi connectivity index (χ4n) is 2.15. The molecular weight excluding hydrogens is 280 g/mol. The van der Waals surface area contributed by atoms with Gasteiger partial charge in [-0.1, -0.05) is 0 Å². The number of carbonyl (C=O) groups is 2. The number of hydrogen-bond acceptors (Lipinski definition) is 3. The van der Waals surface area contributed by atoms with Crippen LogP contribution in [0.15, 0.2) is 18.2 Å². The number of carbonyl (C=O) groups excluding carboxylic acids is 1. The van der Waals surface area contributed by atoms with Gasteiger partial charge >= 0.3 is 5.97 Å². The van der Waals surface area contributed by atoms with Crippen LogP contribution in [0.4, 0.5) is 8.78 Å². The van der Waals surface area contributed by atoms with Crippen molar-refractivity contribution < 1.29 is 23.5 Å². The van der Waals surface area contributed by atoms with E-state index in [1.807, 2.05) is 0 Å². The maximum absolute atomic E-state index is 13.0. The van der Waals surface area contributed by atoms with Gasteiger partial charge in [-0.2, -0.15) is 0 Å². The number of Topliss-reactive ketones (excluding diaryl/α,β-unsaturated/α-hetero) is 1. The van der Waals surface area contributed by atoms with Crippen LogP contribution in [0.2, 0.25) is 0 Å². The van der Waals surface area contributed by atoms with E-state index in [9.17, 15) is 18.4 Å². The minimum Gasteiger partial charge on any atom is -0.475 e. The molecule has 0 bridgehead atoms. The molecule has 2 N–H and O–H groups in total. The van der Waals surface area contributed by atoms with Crippen molar-refractivity contribution in [2.45, 2.75) is 18.4 Å². The van der Waals surface area contributed by atoms with Gasteiger partial charge in [-0.25, -0.2) is 13.6 Å². The highest BCUT2D eigenvalue weighted by Gasteiger charge is 2.33. The Bertz CT molecular complexity index is 489. The third-order valence-electron chi connectivity index (χ3n) is 3.01. The Kier molecular flexibility index (Phi) is 4.97. The molecule has 0 saturated carbocycles. The van der Waals surface area contributed by atoms with E-state index in [-0.39, 0.29) is 24.7 Å². The summed E-state index contributed by atoms with van der Waals surface area (Å²) in [6, 6.07) is 2.37. The van der Waals surface area contributed by atoms with Crippen molar-refractivity contribution in [2.75, 3.05) is 6.54 Å². The van der Waals surface area contributed by atoms with E-state index in [0.29, 0.717) is 12.1 Å². The fourth-order valence-corrected chi connectivity index (χ4v) is 2.15. The van der Waals surface area contributed by atoms with Gasteiger partial charge in [0.05, 0.1) is 6.04 Å². The maximum atomic E-state index is 13.0. The van der Waals surface area contributed by atoms with E-state index < -0.39 is 29.4 Å². The zero-order chi connectivity index (χ0) is 13.3. The molecular formula is C12H12ClF2NO3. The van der Waals surface area contributed by atoms with Crippen LogP contribution in [0.25, 0.3) is 0 Å². The second-order valence-corrected chi connectivity index (χ2v) is 4.27. The minimum absolute atomic E-state index is 0. The van der Waals surface area contributed by atoms with Crippen LogP contribution in [0.3, 0.4) is 0 Å². The molecule has 1 heterocycles. The zero-order valence-electron chi connectivity index (χ0n) is 9.73. The second-order valence-electron chi connectivity index (χ2n) is 4.27. The maximum Gasteiger partial charge on any atom is 0.373 e. The summed E-state index contributed by atoms with van der Waals surface area (Å²) in [4.78, 5) is 21.8. The summed E-state index contributed by atoms with van der Waals surface area (Å²) in [6.45, 7) is 0.326. The third kappa shape index (κ3) is 3.48. The standard InChI is InChI=1S/C12H11F2NO3.ClH/c13-8-1-6(2-9(14)4-8)7-3-10(15-5-7)11(16)12(17)18;/h1-2,4,7,10,15H,3,5H2,(H,17,18);1H/t7-,10?;/m1./s1. The molecule has 1 aromatic carbocycles. The van der Waals surface area contributed by atoms with Crippen molar-refractivity contribution in [3.63, 3.8) is 0 Å². The molecule has 1 aromatic rings. The summed E-state index contributed by atoms with van der Waals surface area (Å²) >= 11 is 0. The monoisotopic (exact) mass is 291 g/mol. The molecule has 1 aliphatic heterocycles. The van der Waals surface area contributed by atoms with E-state index in [1.54, 1.807) is 0 Å². The van der Waals surface area contributed by atoms with Gasteiger partial charge in [0, 0.05) is 12.6 Å². The van der Waals surface area contributed by atoms with Gasteiger partial charge in [-0.15, -0.1) is 12.4 Å². The lowest BCUT2D eigenvalue weighted by atomic mass is 9.95. The molecule has 2 atom stereocenters. The fraction of sp³-hybridized carbons (Fsp3) is 0.333. The predicted octanol–water partition coefficient (Wildman–Crippen LogP) is 1.49. The minimum atomic E-state index is -1.50. The van der Waals surface area contributed by atoms with Crippen LogP contribution in [0.1, 0.15) is 17.9 Å². The van der Waals surface area contributed by atoms with Crippen LogP contribution in [0, 0.1) is 11.6 Å². The highest BCUT2D eigenvalue weighted by molar-refractivity contribution is 6.34. The van der Waals surface area contributed by atoms with Crippen LogP contribution in [-0.4, -0.2) is 29.4 Å². The van der Waals surface area contributed by atoms with Crippen molar-refractivity contribution in [3.05, 3.63) is 35.4 Å². The van der Waals surface area contributed by atoms with Gasteiger partial charge in [0.2, 0.25) is 0 Å². The summed E-state index contributed by atoms with van der Waals surface area (Å²) in [6.07, 6.45) is 0.230. The Morgan fingerprint density at radius 3 is 2.32 bits per heavy atom. The van der Waals surface area contributed by atoms with Gasteiger partial charge in [0.15, 0.2) is 0 Å². The third-order valence-corrected chi connectivity index (χ3v) is 3.01. The summed E-state index contributed by atoms with van der Waals surface area (Å²) in [5, 5.41) is 11.3. The lowest BCUT2D eigenvalue weighted by Gasteiger charge is -2.09. The quantitative estimate of drug-likeness (QED) is 0.828. The highest BCUT2D eigenvalue weighted by Crippen LogP contribution is 2.27. The van der Waals surface area contributed by atoms with Crippen LogP contribution >= 0.6 is 12.4 Å². The largest absolute Gasteiger partial charge is 0.475 e. The van der Waals surface area contributed by atoms with E-state index in [1.165, 1.54) is 12.1 Å². The van der Waals surface area contributed by atoms with Crippen molar-refractivity contribution in [1.29, 1.82) is 0 Å². The molecule has 19 heavy (non-hydrogen) atoms. The first kappa shape index (κ1) is 15.5. The van der Waals surface area contributed by atoms with E-state index in [4.69, 9.17) is 5.11 Å². The predicted molar refractivity (Wildman–Crippen MR) is 65.4 cm³/mol. The smallest absolute Gasteiger partial charge is 0.373 e. The summed E-state index contributed by atoms with van der Waals surface area (Å²) in [7, 11) is 0. The summed E-state index contributed by atoms with van der Waals surface area (Å²) in [5.74, 6) is -4.05. The molecule has 4 nitrogen and oxygen atoms in total. The molecule has 0 aromatic heterocycles. The van der Waals surface area contributed by atoms with Crippen LogP contribution in [-0.2, 0) is 9.59 Å². The lowest BCUT2D eigenvalue weighted by molar-refractivity contribution is -0.149. The van der Waals surface area contributed by atoms with Gasteiger partial charge in [-0.05, 0) is 30.0 Å². The van der Waals surface area contributed by atoms with Crippen molar-refractivity contribution in [3.8, 4) is 0 Å². The Morgan fingerprint density at radius 1 is 1.21 bits per heavy atom. The first-order valence-corrected chi connectivity index (χ1v) is 5.44. The zero-order valence-corrected chi connectivity index (χ0v) is 10.5.